The van der Waals surface area contributed by atoms with E-state index in [-0.39, 0.29) is 54.2 Å². The summed E-state index contributed by atoms with van der Waals surface area (Å²) in [5, 5.41) is 0.995. The number of aryl methyl sites for hydroxylation is 1. The molecule has 4 rings (SSSR count). The number of carbonyl (C=O) groups excluding carboxylic acids is 4. The summed E-state index contributed by atoms with van der Waals surface area (Å²) in [4.78, 5) is 57.3. The van der Waals surface area contributed by atoms with Gasteiger partial charge in [-0.25, -0.2) is 9.97 Å². The zero-order valence-corrected chi connectivity index (χ0v) is 39.2. The molecule has 0 amide bonds. The smallest absolute Gasteiger partial charge is 0.306 e. The molecule has 0 aliphatic carbocycles. The van der Waals surface area contributed by atoms with Gasteiger partial charge in [0.15, 0.2) is 29.9 Å². The number of fused-ring (bicyclic) bond motifs is 2. The Morgan fingerprint density at radius 1 is 0.679 bits per heavy atom. The monoisotopic (exact) mass is 892 g/mol. The Morgan fingerprint density at radius 2 is 1.12 bits per heavy atom. The number of ketones is 2. The second-order valence-corrected chi connectivity index (χ2v) is 24.6. The van der Waals surface area contributed by atoms with Crippen LogP contribution in [0.3, 0.4) is 0 Å². The predicted octanol–water partition coefficient (Wildman–Crippen LogP) is 10.9. The molecule has 0 saturated heterocycles. The molecule has 0 fully saturated rings. The maximum atomic E-state index is 12.6. The molecule has 0 atom stereocenters. The average molecular weight is 894 g/mol. The van der Waals surface area contributed by atoms with E-state index in [1.165, 1.54) is 22.7 Å². The molecular weight excluding hydrogens is 837 g/mol. The summed E-state index contributed by atoms with van der Waals surface area (Å²) in [7, 11) is 1.48. The van der Waals surface area contributed by atoms with Crippen LogP contribution in [0, 0.1) is 0 Å². The van der Waals surface area contributed by atoms with Crippen LogP contribution in [0.2, 0.25) is 18.1 Å². The number of esters is 2. The Morgan fingerprint density at radius 3 is 1.55 bits per heavy atom. The first-order chi connectivity index (χ1) is 25.8. The van der Waals surface area contributed by atoms with Crippen molar-refractivity contribution in [1.82, 2.24) is 9.97 Å². The lowest BCUT2D eigenvalue weighted by molar-refractivity contribution is -0.155. The minimum Gasteiger partial charge on any atom is -0.496 e. The lowest BCUT2D eigenvalue weighted by Gasteiger charge is -2.36. The highest BCUT2D eigenvalue weighted by molar-refractivity contribution is 9.10. The van der Waals surface area contributed by atoms with Crippen LogP contribution in [0.25, 0.3) is 20.4 Å². The maximum Gasteiger partial charge on any atom is 0.306 e. The molecule has 2 aromatic heterocycles. The van der Waals surface area contributed by atoms with E-state index in [2.05, 4.69) is 59.8 Å². The highest BCUT2D eigenvalue weighted by Gasteiger charge is 2.36. The highest BCUT2D eigenvalue weighted by Crippen LogP contribution is 2.37. The zero-order valence-electron chi connectivity index (χ0n) is 35.0. The van der Waals surface area contributed by atoms with E-state index in [1.54, 1.807) is 35.0 Å². The van der Waals surface area contributed by atoms with Gasteiger partial charge in [0.05, 0.1) is 52.0 Å². The number of benzene rings is 2. The molecule has 0 bridgehead atoms. The lowest BCUT2D eigenvalue weighted by Crippen LogP contribution is -2.41. The molecule has 2 aromatic carbocycles. The maximum absolute atomic E-state index is 12.6. The summed E-state index contributed by atoms with van der Waals surface area (Å²) in [6.45, 7) is 22.8. The fourth-order valence-electron chi connectivity index (χ4n) is 4.95. The number of ether oxygens (including phenoxy) is 4. The van der Waals surface area contributed by atoms with Gasteiger partial charge in [0.2, 0.25) is 0 Å². The quantitative estimate of drug-likeness (QED) is 0.0487. The summed E-state index contributed by atoms with van der Waals surface area (Å²) in [6.07, 6.45) is 1.98. The molecule has 0 saturated carbocycles. The van der Waals surface area contributed by atoms with Crippen molar-refractivity contribution in [3.05, 3.63) is 44.3 Å². The van der Waals surface area contributed by atoms with E-state index in [1.807, 2.05) is 45.0 Å². The number of hydrogen-bond acceptors (Lipinski definition) is 13. The standard InChI is InChI=1S/C25H39NO5SSi.C16H18BrNO4S/c1-24(2,3)31-22(28)13-12-19(27)23-26-18-15-17(20(29-7)16-21(18)32-23)11-10-14-30-33(8,9)25(4,5)6;1-16(2,3)22-14(20)6-5-11(19)15-18-10-7-9(17)12(21-4)8-13(10)23-15/h15-16H,10-14H2,1-9H3;7-8H,5-6H2,1-4H3. The number of hydrogen-bond donors (Lipinski definition) is 0. The predicted molar refractivity (Wildman–Crippen MR) is 230 cm³/mol. The van der Waals surface area contributed by atoms with Crippen LogP contribution in [-0.4, -0.2) is 73.8 Å². The van der Waals surface area contributed by atoms with Crippen molar-refractivity contribution in [1.29, 1.82) is 0 Å². The number of aromatic nitrogens is 2. The lowest BCUT2D eigenvalue weighted by atomic mass is 10.1. The minimum absolute atomic E-state index is 0.0504. The van der Waals surface area contributed by atoms with E-state index in [0.717, 1.165) is 49.1 Å². The van der Waals surface area contributed by atoms with Crippen LogP contribution in [0.5, 0.6) is 11.5 Å². The Bertz CT molecular complexity index is 2020. The molecule has 308 valence electrons. The first-order valence-electron chi connectivity index (χ1n) is 18.6. The van der Waals surface area contributed by atoms with E-state index in [4.69, 9.17) is 23.4 Å². The fourth-order valence-corrected chi connectivity index (χ4v) is 8.41. The van der Waals surface area contributed by atoms with Gasteiger partial charge in [0.25, 0.3) is 0 Å². The highest BCUT2D eigenvalue weighted by atomic mass is 79.9. The van der Waals surface area contributed by atoms with E-state index in [9.17, 15) is 19.2 Å². The van der Waals surface area contributed by atoms with E-state index in [0.29, 0.717) is 22.4 Å². The summed E-state index contributed by atoms with van der Waals surface area (Å²) < 4.78 is 30.2. The third-order valence-electron chi connectivity index (χ3n) is 8.74. The Balaban J connectivity index is 0.000000320. The van der Waals surface area contributed by atoms with Crippen molar-refractivity contribution in [3.8, 4) is 11.5 Å². The summed E-state index contributed by atoms with van der Waals surface area (Å²) >= 11 is 6.02. The van der Waals surface area contributed by atoms with Gasteiger partial charge < -0.3 is 23.4 Å². The molecule has 0 N–H and O–H groups in total. The molecule has 0 radical (unpaired) electrons. The molecule has 11 nitrogen and oxygen atoms in total. The van der Waals surface area contributed by atoms with Gasteiger partial charge in [0.1, 0.15) is 22.7 Å². The minimum atomic E-state index is -1.76. The second kappa shape index (κ2) is 19.5. The number of nitrogens with zero attached hydrogens (tertiary/aromatic N) is 2. The molecule has 0 aliphatic rings. The van der Waals surface area contributed by atoms with Gasteiger partial charge in [-0.3, -0.25) is 19.2 Å². The van der Waals surface area contributed by atoms with Crippen molar-refractivity contribution in [2.75, 3.05) is 20.8 Å². The second-order valence-electron chi connectivity index (χ2n) is 16.9. The molecule has 56 heavy (non-hydrogen) atoms. The number of thiazole rings is 2. The van der Waals surface area contributed by atoms with E-state index >= 15 is 0 Å². The van der Waals surface area contributed by atoms with Crippen molar-refractivity contribution in [2.24, 2.45) is 0 Å². The van der Waals surface area contributed by atoms with Gasteiger partial charge in [-0.2, -0.15) is 0 Å². The van der Waals surface area contributed by atoms with Gasteiger partial charge in [-0.15, -0.1) is 22.7 Å². The van der Waals surface area contributed by atoms with Crippen LogP contribution in [0.4, 0.5) is 0 Å². The molecule has 0 aliphatic heterocycles. The van der Waals surface area contributed by atoms with Crippen LogP contribution >= 0.6 is 38.6 Å². The summed E-state index contributed by atoms with van der Waals surface area (Å²) in [5.74, 6) is 0.426. The van der Waals surface area contributed by atoms with E-state index < -0.39 is 19.5 Å². The van der Waals surface area contributed by atoms with Gasteiger partial charge in [0, 0.05) is 25.5 Å². The molecule has 0 spiro atoms. The Labute approximate surface area is 348 Å². The number of Topliss-reactive ketones (excluding diaryl/α,β-unsaturated/α-hetero) is 2. The van der Waals surface area contributed by atoms with Crippen molar-refractivity contribution >= 4 is 90.9 Å². The Hall–Kier alpha value is -3.24. The zero-order chi connectivity index (χ0) is 42.2. The van der Waals surface area contributed by atoms with Crippen LogP contribution in [0.1, 0.15) is 120 Å². The first-order valence-corrected chi connectivity index (χ1v) is 23.9. The van der Waals surface area contributed by atoms with Crippen molar-refractivity contribution in [3.63, 3.8) is 0 Å². The number of carbonyl (C=O) groups is 4. The fraction of sp³-hybridized carbons (Fsp3) is 0.561. The SMILES string of the molecule is COc1cc2sc(C(=O)CCC(=O)OC(C)(C)C)nc2cc1Br.COc1cc2sc(C(=O)CCC(=O)OC(C)(C)C)nc2cc1CCCO[Si](C)(C)C(C)(C)C. The van der Waals surface area contributed by atoms with Crippen molar-refractivity contribution < 1.29 is 42.6 Å². The molecular formula is C41H57BrN2O9S2Si. The molecule has 2 heterocycles. The molecule has 4 aromatic rings. The van der Waals surface area contributed by atoms with Gasteiger partial charge in [-0.1, -0.05) is 20.8 Å². The van der Waals surface area contributed by atoms with Gasteiger partial charge >= 0.3 is 11.9 Å². The van der Waals surface area contributed by atoms with Crippen LogP contribution in [-0.2, 0) is 29.9 Å². The number of methoxy groups -OCH3 is 2. The van der Waals surface area contributed by atoms with Crippen LogP contribution < -0.4 is 9.47 Å². The topological polar surface area (TPSA) is 140 Å². The summed E-state index contributed by atoms with van der Waals surface area (Å²) in [6, 6.07) is 7.60. The number of rotatable bonds is 15. The average Bonchev–Trinajstić information content (AvgIpc) is 3.69. The van der Waals surface area contributed by atoms with Gasteiger partial charge in [-0.05, 0) is 112 Å². The third-order valence-corrected chi connectivity index (χ3v) is 16.0. The van der Waals surface area contributed by atoms with Crippen LogP contribution in [0.15, 0.2) is 28.7 Å². The van der Waals surface area contributed by atoms with Crippen molar-refractivity contribution in [2.45, 2.75) is 130 Å². The first kappa shape index (κ1) is 47.1. The molecule has 15 heteroatoms. The third kappa shape index (κ3) is 14.3. The Kier molecular flexibility index (Phi) is 16.4. The number of halogens is 1. The normalized spacial score (nSPS) is 12.2. The largest absolute Gasteiger partial charge is 0.496 e. The summed E-state index contributed by atoms with van der Waals surface area (Å²) in [5.41, 5.74) is 1.46. The molecule has 0 unspecified atom stereocenters.